The van der Waals surface area contributed by atoms with E-state index >= 15 is 0 Å². The van der Waals surface area contributed by atoms with Gasteiger partial charge in [-0.3, -0.25) is 9.59 Å². The Labute approximate surface area is 186 Å². The number of hydrogen-bond donors (Lipinski definition) is 2. The van der Waals surface area contributed by atoms with E-state index in [1.54, 1.807) is 17.0 Å². The molecular formula is C23H25FN6O2. The highest BCUT2D eigenvalue weighted by Gasteiger charge is 2.28. The fraction of sp³-hybridized carbons (Fsp3) is 0.304. The minimum absolute atomic E-state index is 0.0413. The van der Waals surface area contributed by atoms with Crippen LogP contribution in [-0.4, -0.2) is 59.8 Å². The lowest BCUT2D eigenvalue weighted by molar-refractivity contribution is -0.111. The molecule has 1 fully saturated rings. The summed E-state index contributed by atoms with van der Waals surface area (Å²) in [4.78, 5) is 33.5. The standard InChI is InChI=1S/C23H25FN6O2/c1-14-18(6-4-15(10-25)21(14)24)19(11-26)22(31)28-20-7-5-16(12-27-20)23(32)30-9-8-17(13-30)29(2)3/h4-7,11-12,17H,8-9,13,26H2,1-3H3,(H,27,28,31)/t17-/m1/s1. The highest BCUT2D eigenvalue weighted by molar-refractivity contribution is 6.25. The maximum absolute atomic E-state index is 14.3. The van der Waals surface area contributed by atoms with Crippen molar-refractivity contribution in [2.45, 2.75) is 19.4 Å². The van der Waals surface area contributed by atoms with Gasteiger partial charge in [-0.2, -0.15) is 5.26 Å². The summed E-state index contributed by atoms with van der Waals surface area (Å²) in [5.74, 6) is -1.16. The predicted molar refractivity (Wildman–Crippen MR) is 119 cm³/mol. The molecule has 0 saturated carbocycles. The summed E-state index contributed by atoms with van der Waals surface area (Å²) in [5, 5.41) is 11.6. The highest BCUT2D eigenvalue weighted by atomic mass is 19.1. The molecule has 1 aromatic heterocycles. The molecule has 0 unspecified atom stereocenters. The number of rotatable bonds is 5. The number of benzene rings is 1. The van der Waals surface area contributed by atoms with Crippen LogP contribution in [0.3, 0.4) is 0 Å². The van der Waals surface area contributed by atoms with Crippen LogP contribution in [0.2, 0.25) is 0 Å². The van der Waals surface area contributed by atoms with Crippen LogP contribution in [0, 0.1) is 24.1 Å². The van der Waals surface area contributed by atoms with Gasteiger partial charge in [-0.1, -0.05) is 6.07 Å². The summed E-state index contributed by atoms with van der Waals surface area (Å²) in [6.07, 6.45) is 3.42. The Morgan fingerprint density at radius 1 is 1.34 bits per heavy atom. The van der Waals surface area contributed by atoms with Crippen molar-refractivity contribution < 1.29 is 14.0 Å². The predicted octanol–water partition coefficient (Wildman–Crippen LogP) is 2.12. The van der Waals surface area contributed by atoms with Crippen LogP contribution in [0.25, 0.3) is 5.57 Å². The van der Waals surface area contributed by atoms with E-state index in [4.69, 9.17) is 11.0 Å². The van der Waals surface area contributed by atoms with Crippen LogP contribution < -0.4 is 11.1 Å². The van der Waals surface area contributed by atoms with Crippen LogP contribution in [0.1, 0.15) is 33.5 Å². The fourth-order valence-electron chi connectivity index (χ4n) is 3.66. The van der Waals surface area contributed by atoms with Gasteiger partial charge in [0.05, 0.1) is 16.7 Å². The summed E-state index contributed by atoms with van der Waals surface area (Å²) in [6.45, 7) is 2.82. The molecule has 8 nitrogen and oxygen atoms in total. The van der Waals surface area contributed by atoms with E-state index in [-0.39, 0.29) is 34.0 Å². The number of nitrogens with two attached hydrogens (primary N) is 1. The molecule has 32 heavy (non-hydrogen) atoms. The molecule has 166 valence electrons. The van der Waals surface area contributed by atoms with Gasteiger partial charge in [-0.15, -0.1) is 0 Å². The van der Waals surface area contributed by atoms with Crippen LogP contribution in [0.5, 0.6) is 0 Å². The molecule has 3 rings (SSSR count). The molecule has 0 spiro atoms. The second-order valence-corrected chi connectivity index (χ2v) is 7.84. The van der Waals surface area contributed by atoms with Crippen molar-refractivity contribution in [3.63, 3.8) is 0 Å². The molecule has 9 heteroatoms. The van der Waals surface area contributed by atoms with E-state index in [9.17, 15) is 14.0 Å². The third-order valence-electron chi connectivity index (χ3n) is 5.64. The molecule has 2 amide bonds. The zero-order valence-corrected chi connectivity index (χ0v) is 18.2. The number of hydrogen-bond acceptors (Lipinski definition) is 6. The molecule has 0 bridgehead atoms. The quantitative estimate of drug-likeness (QED) is 0.694. The minimum atomic E-state index is -0.698. The molecule has 1 aliphatic heterocycles. The summed E-state index contributed by atoms with van der Waals surface area (Å²) < 4.78 is 14.3. The van der Waals surface area contributed by atoms with Gasteiger partial charge in [-0.25, -0.2) is 9.37 Å². The molecular weight excluding hydrogens is 411 g/mol. The number of amides is 2. The molecule has 1 saturated heterocycles. The Morgan fingerprint density at radius 3 is 2.66 bits per heavy atom. The topological polar surface area (TPSA) is 115 Å². The first-order chi connectivity index (χ1) is 15.3. The molecule has 2 aromatic rings. The zero-order valence-electron chi connectivity index (χ0n) is 18.2. The molecule has 0 aliphatic carbocycles. The van der Waals surface area contributed by atoms with E-state index in [1.165, 1.54) is 31.3 Å². The number of nitriles is 1. The van der Waals surface area contributed by atoms with Crippen molar-refractivity contribution >= 4 is 23.2 Å². The van der Waals surface area contributed by atoms with Gasteiger partial charge in [0.15, 0.2) is 0 Å². The average molecular weight is 436 g/mol. The summed E-state index contributed by atoms with van der Waals surface area (Å²) in [6, 6.07) is 8.01. The number of carbonyl (C=O) groups excluding carboxylic acids is 2. The van der Waals surface area contributed by atoms with Gasteiger partial charge in [0.25, 0.3) is 11.8 Å². The first kappa shape index (κ1) is 22.9. The normalized spacial score (nSPS) is 16.2. The van der Waals surface area contributed by atoms with Gasteiger partial charge in [0.2, 0.25) is 0 Å². The van der Waals surface area contributed by atoms with Crippen molar-refractivity contribution in [1.29, 1.82) is 5.26 Å². The second kappa shape index (κ2) is 9.58. The molecule has 0 radical (unpaired) electrons. The number of nitrogens with one attached hydrogen (secondary N) is 1. The maximum Gasteiger partial charge on any atom is 0.258 e. The van der Waals surface area contributed by atoms with Crippen LogP contribution in [-0.2, 0) is 4.79 Å². The summed E-state index contributed by atoms with van der Waals surface area (Å²) in [7, 11) is 3.99. The number of aromatic nitrogens is 1. The van der Waals surface area contributed by atoms with E-state index in [2.05, 4.69) is 15.2 Å². The number of halogens is 1. The van der Waals surface area contributed by atoms with Crippen molar-refractivity contribution in [3.8, 4) is 6.07 Å². The third kappa shape index (κ3) is 4.60. The van der Waals surface area contributed by atoms with Gasteiger partial charge >= 0.3 is 0 Å². The van der Waals surface area contributed by atoms with E-state index < -0.39 is 11.7 Å². The van der Waals surface area contributed by atoms with Crippen LogP contribution in [0.4, 0.5) is 10.2 Å². The number of anilines is 1. The summed E-state index contributed by atoms with van der Waals surface area (Å²) in [5.41, 5.74) is 6.41. The minimum Gasteiger partial charge on any atom is -0.404 e. The monoisotopic (exact) mass is 436 g/mol. The Morgan fingerprint density at radius 2 is 2.09 bits per heavy atom. The Kier molecular flexibility index (Phi) is 6.85. The van der Waals surface area contributed by atoms with Crippen LogP contribution in [0.15, 0.2) is 36.7 Å². The Balaban J connectivity index is 1.71. The zero-order chi connectivity index (χ0) is 23.4. The van der Waals surface area contributed by atoms with Crippen molar-refractivity contribution in [2.24, 2.45) is 5.73 Å². The van der Waals surface area contributed by atoms with Gasteiger partial charge in [0.1, 0.15) is 17.7 Å². The van der Waals surface area contributed by atoms with E-state index in [1.807, 2.05) is 14.1 Å². The van der Waals surface area contributed by atoms with Crippen molar-refractivity contribution in [3.05, 3.63) is 64.7 Å². The maximum atomic E-state index is 14.3. The van der Waals surface area contributed by atoms with Crippen molar-refractivity contribution in [1.82, 2.24) is 14.8 Å². The molecule has 1 aliphatic rings. The lowest BCUT2D eigenvalue weighted by Gasteiger charge is -2.20. The number of carbonyl (C=O) groups is 2. The first-order valence-electron chi connectivity index (χ1n) is 10.1. The molecule has 2 heterocycles. The van der Waals surface area contributed by atoms with E-state index in [0.29, 0.717) is 24.7 Å². The lowest BCUT2D eigenvalue weighted by atomic mass is 9.98. The van der Waals surface area contributed by atoms with Crippen molar-refractivity contribution in [2.75, 3.05) is 32.5 Å². The number of pyridine rings is 1. The lowest BCUT2D eigenvalue weighted by Crippen LogP contribution is -2.34. The number of nitrogens with zero attached hydrogens (tertiary/aromatic N) is 4. The number of likely N-dealkylation sites (tertiary alicyclic amines) is 1. The SMILES string of the molecule is Cc1c(C(=CN)C(=O)Nc2ccc(C(=O)N3CC[C@@H](N(C)C)C3)cn2)ccc(C#N)c1F. The Bertz CT molecular complexity index is 1100. The largest absolute Gasteiger partial charge is 0.404 e. The molecule has 1 aromatic carbocycles. The Hall–Kier alpha value is -3.77. The smallest absolute Gasteiger partial charge is 0.258 e. The van der Waals surface area contributed by atoms with Gasteiger partial charge in [0, 0.05) is 31.5 Å². The van der Waals surface area contributed by atoms with Gasteiger partial charge in [-0.05, 0) is 56.8 Å². The third-order valence-corrected chi connectivity index (χ3v) is 5.64. The second-order valence-electron chi connectivity index (χ2n) is 7.84. The number of likely N-dealkylation sites (N-methyl/N-ethyl adjacent to an activating group) is 1. The average Bonchev–Trinajstić information content (AvgIpc) is 3.28. The summed E-state index contributed by atoms with van der Waals surface area (Å²) >= 11 is 0. The fourth-order valence-corrected chi connectivity index (χ4v) is 3.66. The highest BCUT2D eigenvalue weighted by Crippen LogP contribution is 2.24. The molecule has 3 N–H and O–H groups in total. The first-order valence-corrected chi connectivity index (χ1v) is 10.1. The van der Waals surface area contributed by atoms with Crippen LogP contribution >= 0.6 is 0 Å². The van der Waals surface area contributed by atoms with E-state index in [0.717, 1.165) is 12.6 Å². The molecule has 1 atom stereocenters. The van der Waals surface area contributed by atoms with Gasteiger partial charge < -0.3 is 20.9 Å².